The molecule has 0 bridgehead atoms. The summed E-state index contributed by atoms with van der Waals surface area (Å²) in [6, 6.07) is 11.7. The first-order chi connectivity index (χ1) is 19.7. The lowest BCUT2D eigenvalue weighted by atomic mass is 10.00. The van der Waals surface area contributed by atoms with Crippen molar-refractivity contribution in [3.8, 4) is 16.9 Å². The molecule has 8 nitrogen and oxygen atoms in total. The van der Waals surface area contributed by atoms with E-state index in [1.807, 2.05) is 0 Å². The Kier molecular flexibility index (Phi) is 10.1. The first-order valence-electron chi connectivity index (χ1n) is 13.7. The van der Waals surface area contributed by atoms with Gasteiger partial charge in [-0.3, -0.25) is 9.56 Å². The number of hydrogen-bond donors (Lipinski definition) is 4. The van der Waals surface area contributed by atoms with Gasteiger partial charge < -0.3 is 21.8 Å². The Morgan fingerprint density at radius 3 is 2.61 bits per heavy atom. The van der Waals surface area contributed by atoms with E-state index in [9.17, 15) is 9.18 Å². The van der Waals surface area contributed by atoms with Crippen LogP contribution in [-0.4, -0.2) is 40.3 Å². The number of nitrogens with two attached hydrogens (primary N) is 2. The number of aryl methyl sites for hydroxylation is 1. The molecule has 0 saturated heterocycles. The molecule has 0 unspecified atom stereocenters. The van der Waals surface area contributed by atoms with Crippen LogP contribution < -0.4 is 22.5 Å². The third-order valence-corrected chi connectivity index (χ3v) is 7.16. The minimum atomic E-state index is -0.596. The van der Waals surface area contributed by atoms with Gasteiger partial charge in [-0.2, -0.15) is 4.98 Å². The van der Waals surface area contributed by atoms with Gasteiger partial charge in [0.2, 0.25) is 0 Å². The van der Waals surface area contributed by atoms with Crippen molar-refractivity contribution in [3.63, 3.8) is 0 Å². The average molecular weight is 584 g/mol. The van der Waals surface area contributed by atoms with Crippen LogP contribution in [0, 0.1) is 11.7 Å². The highest BCUT2D eigenvalue weighted by molar-refractivity contribution is 6.31. The SMILES string of the molecule is CC(C)CCCc1cc(Cl)c(F)c(-c2cc3cn(-c4ccc([C@H](CF)NCCCN=C(N)N)cc4)c(=O)nc3[nH]2)c1. The number of nitrogens with zero attached hydrogens (tertiary/aromatic N) is 3. The first-order valence-corrected chi connectivity index (χ1v) is 14.1. The van der Waals surface area contributed by atoms with Gasteiger partial charge in [0.05, 0.1) is 22.4 Å². The molecular formula is C30H36ClF2N7O. The molecule has 1 atom stereocenters. The zero-order valence-corrected chi connectivity index (χ0v) is 24.0. The molecule has 0 amide bonds. The second-order valence-corrected chi connectivity index (χ2v) is 10.9. The van der Waals surface area contributed by atoms with Crippen LogP contribution in [0.15, 0.2) is 58.4 Å². The predicted molar refractivity (Wildman–Crippen MR) is 162 cm³/mol. The third-order valence-electron chi connectivity index (χ3n) is 6.88. The standard InChI is InChI=1S/C30H36ClF2N7O/c1-18(2)5-3-6-19-13-23(27(33)24(31)14-19)25-15-21-17-40(30(41)39-28(21)38-25)22-9-7-20(8-10-22)26(16-32)36-11-4-12-37-29(34)35/h7-10,13-15,17-18,26,36H,3-6,11-12,16H2,1-2H3,(H4,34,35,37)(H,38,39,41)/t26-/m0/s1. The highest BCUT2D eigenvalue weighted by Crippen LogP contribution is 2.31. The molecule has 41 heavy (non-hydrogen) atoms. The van der Waals surface area contributed by atoms with E-state index >= 15 is 4.39 Å². The molecule has 0 aliphatic carbocycles. The molecule has 4 rings (SSSR count). The minimum absolute atomic E-state index is 0.0275. The zero-order valence-electron chi connectivity index (χ0n) is 23.3. The number of rotatable bonds is 13. The lowest BCUT2D eigenvalue weighted by molar-refractivity contribution is 0.381. The Morgan fingerprint density at radius 1 is 1.17 bits per heavy atom. The van der Waals surface area contributed by atoms with Gasteiger partial charge in [-0.15, -0.1) is 0 Å². The van der Waals surface area contributed by atoms with Gasteiger partial charge in [0.25, 0.3) is 0 Å². The summed E-state index contributed by atoms with van der Waals surface area (Å²) in [5.74, 6) is 0.0904. The van der Waals surface area contributed by atoms with E-state index in [0.29, 0.717) is 53.4 Å². The molecule has 2 aromatic heterocycles. The highest BCUT2D eigenvalue weighted by atomic mass is 35.5. The van der Waals surface area contributed by atoms with Crippen molar-refractivity contribution < 1.29 is 8.78 Å². The fourth-order valence-electron chi connectivity index (χ4n) is 4.72. The molecule has 2 heterocycles. The number of nitrogens with one attached hydrogen (secondary N) is 2. The lowest BCUT2D eigenvalue weighted by Crippen LogP contribution is -2.26. The van der Waals surface area contributed by atoms with E-state index < -0.39 is 24.2 Å². The van der Waals surface area contributed by atoms with Gasteiger partial charge >= 0.3 is 5.69 Å². The molecule has 0 fully saturated rings. The van der Waals surface area contributed by atoms with Crippen molar-refractivity contribution in [1.29, 1.82) is 0 Å². The molecule has 11 heteroatoms. The van der Waals surface area contributed by atoms with Gasteiger partial charge in [-0.05, 0) is 73.2 Å². The molecule has 218 valence electrons. The number of guanidine groups is 1. The van der Waals surface area contributed by atoms with Gasteiger partial charge in [-0.1, -0.05) is 44.0 Å². The number of H-pyrrole nitrogens is 1. The molecule has 0 aliphatic heterocycles. The van der Waals surface area contributed by atoms with Crippen LogP contribution >= 0.6 is 11.6 Å². The van der Waals surface area contributed by atoms with E-state index in [-0.39, 0.29) is 11.0 Å². The van der Waals surface area contributed by atoms with Crippen LogP contribution in [0.5, 0.6) is 0 Å². The second-order valence-electron chi connectivity index (χ2n) is 10.5. The fraction of sp³-hybridized carbons (Fsp3) is 0.367. The molecule has 4 aromatic rings. The number of aromatic amines is 1. The molecule has 0 spiro atoms. The van der Waals surface area contributed by atoms with Crippen molar-refractivity contribution in [2.75, 3.05) is 19.8 Å². The number of hydrogen-bond acceptors (Lipinski definition) is 4. The van der Waals surface area contributed by atoms with Gasteiger partial charge in [0.15, 0.2) is 11.8 Å². The fourth-order valence-corrected chi connectivity index (χ4v) is 4.96. The summed E-state index contributed by atoms with van der Waals surface area (Å²) in [5.41, 5.74) is 13.6. The molecule has 0 aliphatic rings. The van der Waals surface area contributed by atoms with Crippen molar-refractivity contribution in [2.24, 2.45) is 22.4 Å². The number of aliphatic imine (C=N–C) groups is 1. The van der Waals surface area contributed by atoms with Crippen LogP contribution in [0.2, 0.25) is 5.02 Å². The van der Waals surface area contributed by atoms with Crippen molar-refractivity contribution in [2.45, 2.75) is 45.6 Å². The van der Waals surface area contributed by atoms with Crippen LogP contribution in [0.25, 0.3) is 28.0 Å². The summed E-state index contributed by atoms with van der Waals surface area (Å²) in [6.07, 6.45) is 5.15. The molecule has 6 N–H and O–H groups in total. The van der Waals surface area contributed by atoms with Crippen molar-refractivity contribution in [3.05, 3.63) is 81.1 Å². The van der Waals surface area contributed by atoms with E-state index in [1.54, 1.807) is 48.7 Å². The van der Waals surface area contributed by atoms with Gasteiger partial charge in [0, 0.05) is 23.7 Å². The Morgan fingerprint density at radius 2 is 1.93 bits per heavy atom. The maximum absolute atomic E-state index is 15.1. The normalized spacial score (nSPS) is 12.2. The van der Waals surface area contributed by atoms with E-state index in [0.717, 1.165) is 30.4 Å². The smallest absolute Gasteiger partial charge is 0.354 e. The van der Waals surface area contributed by atoms with Gasteiger partial charge in [-0.25, -0.2) is 13.6 Å². The third kappa shape index (κ3) is 7.71. The van der Waals surface area contributed by atoms with E-state index in [4.69, 9.17) is 23.1 Å². The minimum Gasteiger partial charge on any atom is -0.370 e. The topological polar surface area (TPSA) is 127 Å². The summed E-state index contributed by atoms with van der Waals surface area (Å²) < 4.78 is 30.2. The maximum atomic E-state index is 15.1. The van der Waals surface area contributed by atoms with Crippen LogP contribution in [-0.2, 0) is 6.42 Å². The summed E-state index contributed by atoms with van der Waals surface area (Å²) in [5, 5.41) is 3.84. The van der Waals surface area contributed by atoms with E-state index in [2.05, 4.69) is 34.1 Å². The van der Waals surface area contributed by atoms with Crippen molar-refractivity contribution in [1.82, 2.24) is 19.9 Å². The number of benzene rings is 2. The van der Waals surface area contributed by atoms with Crippen LogP contribution in [0.3, 0.4) is 0 Å². The second kappa shape index (κ2) is 13.7. The lowest BCUT2D eigenvalue weighted by Gasteiger charge is -2.16. The highest BCUT2D eigenvalue weighted by Gasteiger charge is 2.16. The molecule has 2 aromatic carbocycles. The Hall–Kier alpha value is -3.76. The Balaban J connectivity index is 1.55. The van der Waals surface area contributed by atoms with Gasteiger partial charge in [0.1, 0.15) is 12.3 Å². The summed E-state index contributed by atoms with van der Waals surface area (Å²) in [6.45, 7) is 4.74. The van der Waals surface area contributed by atoms with Crippen LogP contribution in [0.4, 0.5) is 8.78 Å². The van der Waals surface area contributed by atoms with Crippen molar-refractivity contribution >= 4 is 28.6 Å². The van der Waals surface area contributed by atoms with Crippen LogP contribution in [0.1, 0.15) is 50.3 Å². The average Bonchev–Trinajstić information content (AvgIpc) is 3.34. The predicted octanol–water partition coefficient (Wildman–Crippen LogP) is 5.42. The largest absolute Gasteiger partial charge is 0.370 e. The number of alkyl halides is 1. The quantitative estimate of drug-likeness (QED) is 0.0950. The van der Waals surface area contributed by atoms with E-state index in [1.165, 1.54) is 4.57 Å². The molecular weight excluding hydrogens is 548 g/mol. The zero-order chi connectivity index (χ0) is 29.5. The summed E-state index contributed by atoms with van der Waals surface area (Å²) in [4.78, 5) is 24.1. The maximum Gasteiger partial charge on any atom is 0.354 e. The number of fused-ring (bicyclic) bond motifs is 1. The summed E-state index contributed by atoms with van der Waals surface area (Å²) in [7, 11) is 0. The Labute approximate surface area is 242 Å². The summed E-state index contributed by atoms with van der Waals surface area (Å²) >= 11 is 6.24. The number of halogens is 3. The molecule has 0 radical (unpaired) electrons. The Bertz CT molecular complexity index is 1560. The number of aromatic nitrogens is 3. The monoisotopic (exact) mass is 583 g/mol. The first kappa shape index (κ1) is 30.2. The molecule has 0 saturated carbocycles.